The maximum absolute atomic E-state index is 14.1. The molecule has 2 saturated carbocycles. The van der Waals surface area contributed by atoms with Gasteiger partial charge in [-0.15, -0.1) is 0 Å². The number of Topliss-reactive ketones (excluding diaryl/α,β-unsaturated/α-hetero) is 2. The number of aromatic hydroxyl groups is 1. The van der Waals surface area contributed by atoms with Crippen LogP contribution in [0.4, 0.5) is 5.69 Å². The summed E-state index contributed by atoms with van der Waals surface area (Å²) in [4.78, 5) is 42.8. The SMILES string of the molecule is CN(C)c1cc(C#CC2CCCCC2)c(O)c2c1CC1CC3C(N(C)C)C(=O)C(C(N)=O)=C(O)C3(O)C(=O)C1=C2O. The molecular weight excluding hydrogens is 526 g/mol. The van der Waals surface area contributed by atoms with Crippen LogP contribution < -0.4 is 10.6 Å². The molecule has 0 aromatic heterocycles. The van der Waals surface area contributed by atoms with Gasteiger partial charge in [-0.25, -0.2) is 0 Å². The van der Waals surface area contributed by atoms with Gasteiger partial charge in [-0.3, -0.25) is 19.3 Å². The number of anilines is 1. The van der Waals surface area contributed by atoms with Gasteiger partial charge in [0.15, 0.2) is 11.4 Å². The number of rotatable bonds is 3. The van der Waals surface area contributed by atoms with Gasteiger partial charge in [0.1, 0.15) is 22.8 Å². The molecule has 0 radical (unpaired) electrons. The second-order valence-corrected chi connectivity index (χ2v) is 12.1. The first-order valence-electron chi connectivity index (χ1n) is 14.0. The molecule has 41 heavy (non-hydrogen) atoms. The first-order chi connectivity index (χ1) is 19.3. The molecule has 5 rings (SSSR count). The molecule has 10 heteroatoms. The average molecular weight is 564 g/mol. The Morgan fingerprint density at radius 3 is 2.32 bits per heavy atom. The minimum Gasteiger partial charge on any atom is -0.508 e. The van der Waals surface area contributed by atoms with Crippen molar-refractivity contribution in [2.75, 3.05) is 33.1 Å². The van der Waals surface area contributed by atoms with Gasteiger partial charge in [-0.1, -0.05) is 31.1 Å². The van der Waals surface area contributed by atoms with E-state index in [4.69, 9.17) is 5.73 Å². The molecule has 6 N–H and O–H groups in total. The Balaban J connectivity index is 1.70. The van der Waals surface area contributed by atoms with Gasteiger partial charge in [0.25, 0.3) is 5.91 Å². The normalized spacial score (nSPS) is 28.1. The van der Waals surface area contributed by atoms with Crippen molar-refractivity contribution in [1.82, 2.24) is 4.90 Å². The van der Waals surface area contributed by atoms with Crippen molar-refractivity contribution in [3.8, 4) is 17.6 Å². The number of carbonyl (C=O) groups excluding carboxylic acids is 3. The maximum atomic E-state index is 14.1. The van der Waals surface area contributed by atoms with E-state index in [-0.39, 0.29) is 35.6 Å². The lowest BCUT2D eigenvalue weighted by Gasteiger charge is -2.50. The van der Waals surface area contributed by atoms with Crippen LogP contribution in [0.1, 0.15) is 55.2 Å². The molecule has 2 fully saturated rings. The number of fused-ring (bicyclic) bond motifs is 3. The molecular formula is C31H37N3O7. The molecule has 4 atom stereocenters. The van der Waals surface area contributed by atoms with E-state index in [1.165, 1.54) is 11.3 Å². The highest BCUT2D eigenvalue weighted by atomic mass is 16.3. The summed E-state index contributed by atoms with van der Waals surface area (Å²) in [6.07, 6.45) is 5.66. The van der Waals surface area contributed by atoms with Gasteiger partial charge in [-0.05, 0) is 57.3 Å². The van der Waals surface area contributed by atoms with Crippen LogP contribution in [0, 0.1) is 29.6 Å². The van der Waals surface area contributed by atoms with Crippen molar-refractivity contribution in [2.24, 2.45) is 23.5 Å². The topological polar surface area (TPSA) is 165 Å². The number of benzene rings is 1. The number of nitrogens with zero attached hydrogens (tertiary/aromatic N) is 2. The van der Waals surface area contributed by atoms with Crippen molar-refractivity contribution in [2.45, 2.75) is 56.6 Å². The van der Waals surface area contributed by atoms with Crippen LogP contribution >= 0.6 is 0 Å². The van der Waals surface area contributed by atoms with Crippen LogP contribution in [0.5, 0.6) is 5.75 Å². The van der Waals surface area contributed by atoms with Gasteiger partial charge in [-0.2, -0.15) is 0 Å². The standard InChI is InChI=1S/C31H37N3O7/c1-33(2)20-14-16(11-10-15-8-6-5-7-9-15)25(35)22-18(20)12-17-13-19-24(34(3)4)27(37)23(30(32)40)29(39)31(19,41)28(38)21(17)26(22)36/h14-15,17,19,24,35-36,39,41H,5-9,12-13H2,1-4H3,(H2,32,40). The molecule has 1 amide bonds. The summed E-state index contributed by atoms with van der Waals surface area (Å²) < 4.78 is 0. The number of carbonyl (C=O) groups is 3. The number of likely N-dealkylation sites (N-methyl/N-ethyl adjacent to an activating group) is 1. The molecule has 4 aliphatic rings. The van der Waals surface area contributed by atoms with Crippen molar-refractivity contribution < 1.29 is 34.8 Å². The van der Waals surface area contributed by atoms with Crippen LogP contribution in [0.15, 0.2) is 23.0 Å². The zero-order valence-corrected chi connectivity index (χ0v) is 23.8. The summed E-state index contributed by atoms with van der Waals surface area (Å²) in [6, 6.07) is 0.663. The minimum absolute atomic E-state index is 0.0443. The van der Waals surface area contributed by atoms with E-state index in [2.05, 4.69) is 11.8 Å². The predicted molar refractivity (Wildman–Crippen MR) is 152 cm³/mol. The number of primary amides is 1. The van der Waals surface area contributed by atoms with E-state index in [1.54, 1.807) is 20.2 Å². The summed E-state index contributed by atoms with van der Waals surface area (Å²) >= 11 is 0. The molecule has 1 aromatic rings. The molecule has 0 spiro atoms. The number of hydrogen-bond acceptors (Lipinski definition) is 9. The molecule has 0 heterocycles. The van der Waals surface area contributed by atoms with E-state index in [0.717, 1.165) is 25.7 Å². The third kappa shape index (κ3) is 4.30. The minimum atomic E-state index is -2.66. The Hall–Kier alpha value is -3.81. The molecule has 4 aliphatic carbocycles. The van der Waals surface area contributed by atoms with Crippen LogP contribution in [-0.4, -0.2) is 82.6 Å². The van der Waals surface area contributed by atoms with Crippen LogP contribution in [-0.2, 0) is 20.8 Å². The summed E-state index contributed by atoms with van der Waals surface area (Å²) in [5, 5.41) is 45.8. The number of aliphatic hydroxyl groups excluding tert-OH is 2. The molecule has 218 valence electrons. The van der Waals surface area contributed by atoms with Gasteiger partial charge in [0.2, 0.25) is 5.78 Å². The van der Waals surface area contributed by atoms with E-state index in [9.17, 15) is 34.8 Å². The third-order valence-corrected chi connectivity index (χ3v) is 9.20. The lowest BCUT2D eigenvalue weighted by atomic mass is 9.57. The van der Waals surface area contributed by atoms with Crippen LogP contribution in [0.3, 0.4) is 0 Å². The van der Waals surface area contributed by atoms with Crippen molar-refractivity contribution in [1.29, 1.82) is 0 Å². The van der Waals surface area contributed by atoms with Gasteiger partial charge < -0.3 is 31.1 Å². The summed E-state index contributed by atoms with van der Waals surface area (Å²) in [5.74, 6) is -0.0958. The first kappa shape index (κ1) is 28.7. The number of phenolic OH excluding ortho intramolecular Hbond substituents is 1. The Bertz CT molecular complexity index is 1470. The Labute approximate surface area is 239 Å². The Morgan fingerprint density at radius 2 is 1.73 bits per heavy atom. The largest absolute Gasteiger partial charge is 0.508 e. The number of aliphatic hydroxyl groups is 3. The quantitative estimate of drug-likeness (QED) is 0.273. The highest BCUT2D eigenvalue weighted by Crippen LogP contribution is 2.54. The number of nitrogens with two attached hydrogens (primary N) is 1. The maximum Gasteiger partial charge on any atom is 0.255 e. The highest BCUT2D eigenvalue weighted by molar-refractivity contribution is 6.24. The number of amides is 1. The van der Waals surface area contributed by atoms with Crippen LogP contribution in [0.25, 0.3) is 5.76 Å². The fourth-order valence-corrected chi connectivity index (χ4v) is 7.21. The molecule has 0 saturated heterocycles. The molecule has 4 unspecified atom stereocenters. The van der Waals surface area contributed by atoms with E-state index < -0.39 is 58.0 Å². The average Bonchev–Trinajstić information content (AvgIpc) is 2.90. The number of ketones is 2. The molecule has 0 bridgehead atoms. The zero-order valence-electron chi connectivity index (χ0n) is 23.8. The van der Waals surface area contributed by atoms with E-state index in [1.807, 2.05) is 19.0 Å². The van der Waals surface area contributed by atoms with Gasteiger partial charge >= 0.3 is 0 Å². The Kier molecular flexibility index (Phi) is 7.16. The molecule has 0 aliphatic heterocycles. The first-order valence-corrected chi connectivity index (χ1v) is 14.0. The van der Waals surface area contributed by atoms with Crippen molar-refractivity contribution >= 4 is 28.9 Å². The van der Waals surface area contributed by atoms with Gasteiger partial charge in [0, 0.05) is 37.2 Å². The number of phenols is 1. The second-order valence-electron chi connectivity index (χ2n) is 12.1. The lowest BCUT2D eigenvalue weighted by molar-refractivity contribution is -0.153. The fraction of sp³-hybridized carbons (Fsp3) is 0.516. The van der Waals surface area contributed by atoms with Crippen molar-refractivity contribution in [3.05, 3.63) is 39.7 Å². The van der Waals surface area contributed by atoms with Crippen molar-refractivity contribution in [3.63, 3.8) is 0 Å². The zero-order chi connectivity index (χ0) is 30.0. The second kappa shape index (κ2) is 10.2. The Morgan fingerprint density at radius 1 is 1.07 bits per heavy atom. The molecule has 10 nitrogen and oxygen atoms in total. The van der Waals surface area contributed by atoms with E-state index in [0.29, 0.717) is 16.8 Å². The van der Waals surface area contributed by atoms with Gasteiger partial charge in [0.05, 0.1) is 17.2 Å². The monoisotopic (exact) mass is 563 g/mol. The summed E-state index contributed by atoms with van der Waals surface area (Å²) in [7, 11) is 6.82. The summed E-state index contributed by atoms with van der Waals surface area (Å²) in [6.45, 7) is 0. The molecule has 1 aromatic carbocycles. The smallest absolute Gasteiger partial charge is 0.255 e. The highest BCUT2D eigenvalue weighted by Gasteiger charge is 2.64. The number of hydrogen-bond donors (Lipinski definition) is 5. The van der Waals surface area contributed by atoms with E-state index >= 15 is 0 Å². The fourth-order valence-electron chi connectivity index (χ4n) is 7.21. The van der Waals surface area contributed by atoms with Crippen LogP contribution in [0.2, 0.25) is 0 Å². The summed E-state index contributed by atoms with van der Waals surface area (Å²) in [5.41, 5.74) is 3.43. The third-order valence-electron chi connectivity index (χ3n) is 9.20. The lowest BCUT2D eigenvalue weighted by Crippen LogP contribution is -2.65. The predicted octanol–water partition coefficient (Wildman–Crippen LogP) is 1.96.